The molecule has 0 aliphatic heterocycles. The van der Waals surface area contributed by atoms with Crippen LogP contribution in [0.4, 0.5) is 0 Å². The summed E-state index contributed by atoms with van der Waals surface area (Å²) in [5, 5.41) is 0. The summed E-state index contributed by atoms with van der Waals surface area (Å²) in [7, 11) is -1.30. The van der Waals surface area contributed by atoms with Gasteiger partial charge in [0.05, 0.1) is 0 Å². The van der Waals surface area contributed by atoms with Crippen LogP contribution in [0.3, 0.4) is 0 Å². The number of hydrogen-bond acceptors (Lipinski definition) is 6. The molecule has 0 bridgehead atoms. The normalized spacial score (nSPS) is 13.2. The van der Waals surface area contributed by atoms with Gasteiger partial charge in [0.1, 0.15) is 0 Å². The lowest BCUT2D eigenvalue weighted by molar-refractivity contribution is -0.350. The van der Waals surface area contributed by atoms with Crippen LogP contribution in [-0.2, 0) is 28.0 Å². The molecule has 0 amide bonds. The molecule has 6 nitrogen and oxygen atoms in total. The lowest BCUT2D eigenvalue weighted by Gasteiger charge is -2.35. The molecule has 0 aliphatic rings. The average molecular weight is 312 g/mol. The van der Waals surface area contributed by atoms with Crippen LogP contribution in [0.15, 0.2) is 0 Å². The van der Waals surface area contributed by atoms with Crippen molar-refractivity contribution in [3.63, 3.8) is 0 Å². The quantitative estimate of drug-likeness (QED) is 0.406. The van der Waals surface area contributed by atoms with Crippen LogP contribution in [0, 0.1) is 0 Å². The number of rotatable bonds is 12. The third-order valence-electron chi connectivity index (χ3n) is 2.21. The number of ether oxygens (including phenoxy) is 4. The van der Waals surface area contributed by atoms with E-state index in [1.165, 1.54) is 0 Å². The maximum absolute atomic E-state index is 5.75. The summed E-state index contributed by atoms with van der Waals surface area (Å²) in [6.45, 7) is 14.7. The van der Waals surface area contributed by atoms with Gasteiger partial charge >= 0.3 is 0 Å². The second kappa shape index (κ2) is 10.0. The maximum Gasteiger partial charge on any atom is 0.284 e. The van der Waals surface area contributed by atoms with Crippen LogP contribution in [0.2, 0.25) is 0 Å². The fraction of sp³-hybridized carbons (Fsp3) is 1.00. The largest absolute Gasteiger partial charge is 0.328 e. The summed E-state index contributed by atoms with van der Waals surface area (Å²) in [5.41, 5.74) is 0. The van der Waals surface area contributed by atoms with E-state index in [4.69, 9.17) is 28.0 Å². The van der Waals surface area contributed by atoms with Gasteiger partial charge in [0.15, 0.2) is 8.38 Å². The molecule has 0 radical (unpaired) electrons. The zero-order valence-electron chi connectivity index (χ0n) is 13.7. The Kier molecular flexibility index (Phi) is 10.1. The lowest BCUT2D eigenvalue weighted by Crippen LogP contribution is -2.38. The van der Waals surface area contributed by atoms with E-state index in [1.54, 1.807) is 13.8 Å². The molecule has 0 aromatic rings. The fourth-order valence-electron chi connectivity index (χ4n) is 1.72. The highest BCUT2D eigenvalue weighted by atomic mass is 31.2. The molecule has 0 aromatic carbocycles. The third kappa shape index (κ3) is 7.84. The molecule has 0 aromatic heterocycles. The molecule has 0 fully saturated rings. The highest BCUT2D eigenvalue weighted by molar-refractivity contribution is 7.46. The topological polar surface area (TPSA) is 55.4 Å². The molecule has 0 atom stereocenters. The van der Waals surface area contributed by atoms with Gasteiger partial charge in [-0.15, -0.1) is 0 Å². The highest BCUT2D eigenvalue weighted by Crippen LogP contribution is 2.44. The Hall–Kier alpha value is 0.190. The Morgan fingerprint density at radius 3 is 1.10 bits per heavy atom. The van der Waals surface area contributed by atoms with Gasteiger partial charge in [-0.25, -0.2) is 0 Å². The molecular formula is C13H29O6P. The Morgan fingerprint density at radius 1 is 0.650 bits per heavy atom. The smallest absolute Gasteiger partial charge is 0.284 e. The van der Waals surface area contributed by atoms with Gasteiger partial charge in [0, 0.05) is 46.9 Å². The van der Waals surface area contributed by atoms with E-state index in [1.807, 2.05) is 34.4 Å². The minimum absolute atomic E-state index is 0.480. The van der Waals surface area contributed by atoms with E-state index in [0.29, 0.717) is 26.4 Å². The van der Waals surface area contributed by atoms with Crippen molar-refractivity contribution >= 4 is 8.38 Å². The molecule has 0 N–H and O–H groups in total. The fourth-order valence-corrected chi connectivity index (χ4v) is 2.91. The van der Waals surface area contributed by atoms with Crippen molar-refractivity contribution in [3.05, 3.63) is 0 Å². The predicted octanol–water partition coefficient (Wildman–Crippen LogP) is 3.45. The molecule has 0 saturated carbocycles. The Labute approximate surface area is 123 Å². The zero-order valence-corrected chi connectivity index (χ0v) is 14.6. The standard InChI is InChI=1S/C13H29O6P/c1-8-14-12(5,15-9-2)18-20(7)19-13(6,16-10-3)17-11-4/h8-11H2,1-7H3. The summed E-state index contributed by atoms with van der Waals surface area (Å²) in [6, 6.07) is 0. The lowest BCUT2D eigenvalue weighted by atomic mass is 10.6. The summed E-state index contributed by atoms with van der Waals surface area (Å²) in [4.78, 5) is 0. The van der Waals surface area contributed by atoms with Crippen LogP contribution < -0.4 is 0 Å². The highest BCUT2D eigenvalue weighted by Gasteiger charge is 2.35. The Bertz CT molecular complexity index is 215. The first kappa shape index (κ1) is 20.2. The van der Waals surface area contributed by atoms with Gasteiger partial charge in [0.2, 0.25) is 0 Å². The van der Waals surface area contributed by atoms with Crippen LogP contribution in [0.25, 0.3) is 0 Å². The summed E-state index contributed by atoms with van der Waals surface area (Å²) < 4.78 is 33.4. The van der Waals surface area contributed by atoms with Crippen molar-refractivity contribution in [2.45, 2.75) is 53.5 Å². The van der Waals surface area contributed by atoms with Gasteiger partial charge in [-0.1, -0.05) is 0 Å². The van der Waals surface area contributed by atoms with Crippen molar-refractivity contribution in [2.75, 3.05) is 33.1 Å². The van der Waals surface area contributed by atoms with E-state index in [-0.39, 0.29) is 0 Å². The number of hydrogen-bond donors (Lipinski definition) is 0. The van der Waals surface area contributed by atoms with Crippen molar-refractivity contribution in [3.8, 4) is 0 Å². The van der Waals surface area contributed by atoms with Crippen LogP contribution >= 0.6 is 8.38 Å². The molecular weight excluding hydrogens is 283 g/mol. The van der Waals surface area contributed by atoms with E-state index < -0.39 is 20.3 Å². The van der Waals surface area contributed by atoms with E-state index >= 15 is 0 Å². The van der Waals surface area contributed by atoms with Crippen LogP contribution in [0.1, 0.15) is 41.5 Å². The van der Waals surface area contributed by atoms with Crippen molar-refractivity contribution in [1.29, 1.82) is 0 Å². The van der Waals surface area contributed by atoms with Crippen molar-refractivity contribution < 1.29 is 28.0 Å². The first-order chi connectivity index (χ1) is 9.34. The molecule has 0 unspecified atom stereocenters. The van der Waals surface area contributed by atoms with Crippen LogP contribution in [-0.4, -0.2) is 45.0 Å². The predicted molar refractivity (Wildman–Crippen MR) is 78.3 cm³/mol. The average Bonchev–Trinajstić information content (AvgIpc) is 2.28. The first-order valence-electron chi connectivity index (χ1n) is 7.02. The molecule has 0 spiro atoms. The first-order valence-corrected chi connectivity index (χ1v) is 8.64. The van der Waals surface area contributed by atoms with E-state index in [0.717, 1.165) is 0 Å². The molecule has 0 rings (SSSR count). The maximum atomic E-state index is 5.75. The van der Waals surface area contributed by atoms with Gasteiger partial charge in [0.25, 0.3) is 11.9 Å². The van der Waals surface area contributed by atoms with Gasteiger partial charge < -0.3 is 18.9 Å². The van der Waals surface area contributed by atoms with E-state index in [9.17, 15) is 0 Å². The molecule has 20 heavy (non-hydrogen) atoms. The molecule has 122 valence electrons. The minimum atomic E-state index is -1.30. The summed E-state index contributed by atoms with van der Waals surface area (Å²) in [6.07, 6.45) is 0. The second-order valence-corrected chi connectivity index (χ2v) is 5.32. The second-order valence-electron chi connectivity index (χ2n) is 4.08. The van der Waals surface area contributed by atoms with Gasteiger partial charge in [-0.2, -0.15) is 0 Å². The third-order valence-corrected chi connectivity index (χ3v) is 3.39. The molecule has 0 saturated heterocycles. The Morgan fingerprint density at radius 2 is 0.900 bits per heavy atom. The van der Waals surface area contributed by atoms with Gasteiger partial charge in [-0.05, 0) is 27.7 Å². The summed E-state index contributed by atoms with van der Waals surface area (Å²) in [5.74, 6) is -2.24. The molecule has 0 heterocycles. The summed E-state index contributed by atoms with van der Waals surface area (Å²) >= 11 is 0. The monoisotopic (exact) mass is 312 g/mol. The SMILES string of the molecule is CCOC(C)(OCC)OP(C)OC(C)(OCC)OCC. The van der Waals surface area contributed by atoms with Crippen molar-refractivity contribution in [1.82, 2.24) is 0 Å². The van der Waals surface area contributed by atoms with Crippen molar-refractivity contribution in [2.24, 2.45) is 0 Å². The molecule has 0 aliphatic carbocycles. The van der Waals surface area contributed by atoms with Gasteiger partial charge in [-0.3, -0.25) is 9.05 Å². The molecule has 7 heteroatoms. The zero-order chi connectivity index (χ0) is 15.6. The Balaban J connectivity index is 4.58. The van der Waals surface area contributed by atoms with E-state index in [2.05, 4.69) is 0 Å². The minimum Gasteiger partial charge on any atom is -0.328 e. The van der Waals surface area contributed by atoms with Crippen LogP contribution in [0.5, 0.6) is 0 Å².